The Morgan fingerprint density at radius 2 is 1.81 bits per heavy atom. The predicted molar refractivity (Wildman–Crippen MR) is 83.2 cm³/mol. The number of amides is 1. The number of hydrogen-bond donors (Lipinski definition) is 1. The lowest BCUT2D eigenvalue weighted by molar-refractivity contribution is -0.134. The Balaban J connectivity index is 1.55. The van der Waals surface area contributed by atoms with Gasteiger partial charge in [-0.1, -0.05) is 30.3 Å². The number of benzene rings is 1. The number of halogens is 2. The molecule has 0 aromatic heterocycles. The molecule has 1 aromatic rings. The van der Waals surface area contributed by atoms with E-state index in [1.54, 1.807) is 0 Å². The first kappa shape index (κ1) is 15.1. The summed E-state index contributed by atoms with van der Waals surface area (Å²) in [4.78, 5) is 14.1. The molecule has 2 atom stereocenters. The minimum atomic E-state index is -0.850. The van der Waals surface area contributed by atoms with Gasteiger partial charge in [-0.2, -0.15) is 0 Å². The highest BCUT2D eigenvalue weighted by molar-refractivity contribution is 6.52. The van der Waals surface area contributed by atoms with Gasteiger partial charge in [-0.3, -0.25) is 4.79 Å². The molecule has 2 fully saturated rings. The fourth-order valence-electron chi connectivity index (χ4n) is 3.06. The predicted octanol–water partition coefficient (Wildman–Crippen LogP) is 3.15. The summed E-state index contributed by atoms with van der Waals surface area (Å²) in [6.07, 6.45) is 1.73. The van der Waals surface area contributed by atoms with Gasteiger partial charge in [0, 0.05) is 13.1 Å². The summed E-state index contributed by atoms with van der Waals surface area (Å²) in [5.74, 6) is 0.0245. The Morgan fingerprint density at radius 3 is 2.33 bits per heavy atom. The molecule has 2 aliphatic rings. The van der Waals surface area contributed by atoms with Crippen LogP contribution >= 0.6 is 23.2 Å². The molecule has 1 aromatic carbocycles. The quantitative estimate of drug-likeness (QED) is 0.866. The Morgan fingerprint density at radius 1 is 1.24 bits per heavy atom. The largest absolute Gasteiger partial charge is 0.388 e. The molecule has 0 spiro atoms. The van der Waals surface area contributed by atoms with E-state index in [4.69, 9.17) is 23.2 Å². The Labute approximate surface area is 134 Å². The number of nitrogens with zero attached hydrogens (tertiary/aromatic N) is 1. The highest BCUT2D eigenvalue weighted by Gasteiger charge is 2.57. The number of alkyl halides is 2. The monoisotopic (exact) mass is 327 g/mol. The summed E-state index contributed by atoms with van der Waals surface area (Å²) < 4.78 is -0.850. The highest BCUT2D eigenvalue weighted by Crippen LogP contribution is 2.54. The second-order valence-electron chi connectivity index (χ2n) is 6.04. The molecule has 1 heterocycles. The molecule has 1 aliphatic heterocycles. The fraction of sp³-hybridized carbons (Fsp3) is 0.562. The number of rotatable bonds is 3. The van der Waals surface area contributed by atoms with Gasteiger partial charge < -0.3 is 10.0 Å². The van der Waals surface area contributed by atoms with Crippen molar-refractivity contribution in [1.82, 2.24) is 4.90 Å². The molecule has 2 unspecified atom stereocenters. The summed E-state index contributed by atoms with van der Waals surface area (Å²) in [6.45, 7) is 1.35. The van der Waals surface area contributed by atoms with Crippen LogP contribution in [0, 0.1) is 11.8 Å². The molecular formula is C16H19Cl2NO2. The van der Waals surface area contributed by atoms with E-state index in [9.17, 15) is 9.90 Å². The Bertz CT molecular complexity index is 512. The van der Waals surface area contributed by atoms with Crippen LogP contribution in [0.1, 0.15) is 30.9 Å². The first-order chi connectivity index (χ1) is 9.99. The third-order valence-electron chi connectivity index (χ3n) is 4.56. The highest BCUT2D eigenvalue weighted by atomic mass is 35.5. The molecule has 3 rings (SSSR count). The Kier molecular flexibility index (Phi) is 4.17. The van der Waals surface area contributed by atoms with Gasteiger partial charge in [0.1, 0.15) is 4.33 Å². The van der Waals surface area contributed by atoms with Crippen molar-refractivity contribution in [2.45, 2.75) is 29.7 Å². The molecule has 1 N–H and O–H groups in total. The van der Waals surface area contributed by atoms with Crippen LogP contribution in [0.15, 0.2) is 30.3 Å². The molecule has 1 amide bonds. The maximum absolute atomic E-state index is 12.2. The first-order valence-electron chi connectivity index (χ1n) is 7.38. The smallest absolute Gasteiger partial charge is 0.228 e. The molecular weight excluding hydrogens is 309 g/mol. The van der Waals surface area contributed by atoms with E-state index < -0.39 is 10.4 Å². The third kappa shape index (κ3) is 3.20. The first-order valence-corrected chi connectivity index (χ1v) is 8.14. The molecule has 114 valence electrons. The van der Waals surface area contributed by atoms with E-state index >= 15 is 0 Å². The fourth-order valence-corrected chi connectivity index (χ4v) is 3.55. The van der Waals surface area contributed by atoms with Crippen LogP contribution in [-0.2, 0) is 4.79 Å². The third-order valence-corrected chi connectivity index (χ3v) is 5.40. The zero-order chi connectivity index (χ0) is 15.0. The average Bonchev–Trinajstić information content (AvgIpc) is 3.15. The summed E-state index contributed by atoms with van der Waals surface area (Å²) in [6, 6.07) is 9.71. The molecule has 0 radical (unpaired) electrons. The SMILES string of the molecule is O=C(C1CC1(Cl)Cl)N1CCC(C(O)c2ccccc2)CC1. The lowest BCUT2D eigenvalue weighted by Crippen LogP contribution is -2.41. The summed E-state index contributed by atoms with van der Waals surface area (Å²) >= 11 is 11.9. The van der Waals surface area contributed by atoms with Crippen molar-refractivity contribution in [3.63, 3.8) is 0 Å². The summed E-state index contributed by atoms with van der Waals surface area (Å²) in [5.41, 5.74) is 0.949. The minimum Gasteiger partial charge on any atom is -0.388 e. The van der Waals surface area contributed by atoms with Gasteiger partial charge in [0.15, 0.2) is 0 Å². The number of carbonyl (C=O) groups is 1. The van der Waals surface area contributed by atoms with Crippen LogP contribution in [-0.4, -0.2) is 33.3 Å². The second-order valence-corrected chi connectivity index (χ2v) is 7.58. The Hall–Kier alpha value is -0.770. The minimum absolute atomic E-state index is 0.0626. The van der Waals surface area contributed by atoms with E-state index in [1.165, 1.54) is 0 Å². The summed E-state index contributed by atoms with van der Waals surface area (Å²) in [5, 5.41) is 10.4. The van der Waals surface area contributed by atoms with E-state index in [-0.39, 0.29) is 17.7 Å². The van der Waals surface area contributed by atoms with Crippen molar-refractivity contribution in [3.05, 3.63) is 35.9 Å². The van der Waals surface area contributed by atoms with E-state index in [2.05, 4.69) is 0 Å². The maximum atomic E-state index is 12.2. The van der Waals surface area contributed by atoms with Gasteiger partial charge in [0.2, 0.25) is 5.91 Å². The topological polar surface area (TPSA) is 40.5 Å². The number of carbonyl (C=O) groups excluding carboxylic acids is 1. The van der Waals surface area contributed by atoms with E-state index in [0.717, 1.165) is 18.4 Å². The number of likely N-dealkylation sites (tertiary alicyclic amines) is 1. The number of piperidine rings is 1. The lowest BCUT2D eigenvalue weighted by Gasteiger charge is -2.34. The summed E-state index contributed by atoms with van der Waals surface area (Å²) in [7, 11) is 0. The van der Waals surface area contributed by atoms with Gasteiger partial charge in [0.25, 0.3) is 0 Å². The van der Waals surface area contributed by atoms with Gasteiger partial charge in [-0.05, 0) is 30.7 Å². The van der Waals surface area contributed by atoms with Crippen LogP contribution in [0.3, 0.4) is 0 Å². The molecule has 21 heavy (non-hydrogen) atoms. The van der Waals surface area contributed by atoms with Crippen LogP contribution in [0.5, 0.6) is 0 Å². The van der Waals surface area contributed by atoms with Gasteiger partial charge in [-0.25, -0.2) is 0 Å². The lowest BCUT2D eigenvalue weighted by atomic mass is 9.87. The normalized spacial score (nSPS) is 26.4. The zero-order valence-corrected chi connectivity index (χ0v) is 13.2. The van der Waals surface area contributed by atoms with Crippen molar-refractivity contribution in [3.8, 4) is 0 Å². The van der Waals surface area contributed by atoms with Gasteiger partial charge in [0.05, 0.1) is 12.0 Å². The van der Waals surface area contributed by atoms with Crippen molar-refractivity contribution in [2.75, 3.05) is 13.1 Å². The molecule has 5 heteroatoms. The van der Waals surface area contributed by atoms with E-state index in [1.807, 2.05) is 35.2 Å². The zero-order valence-electron chi connectivity index (χ0n) is 11.7. The van der Waals surface area contributed by atoms with Crippen molar-refractivity contribution < 1.29 is 9.90 Å². The van der Waals surface area contributed by atoms with Crippen molar-refractivity contribution in [2.24, 2.45) is 11.8 Å². The molecule has 1 saturated carbocycles. The van der Waals surface area contributed by atoms with Gasteiger partial charge >= 0.3 is 0 Å². The number of aliphatic hydroxyl groups excluding tert-OH is 1. The average molecular weight is 328 g/mol. The number of aliphatic hydroxyl groups is 1. The van der Waals surface area contributed by atoms with Gasteiger partial charge in [-0.15, -0.1) is 23.2 Å². The molecule has 3 nitrogen and oxygen atoms in total. The maximum Gasteiger partial charge on any atom is 0.228 e. The standard InChI is InChI=1S/C16H19Cl2NO2/c17-16(18)10-13(16)15(21)19-8-6-12(7-9-19)14(20)11-4-2-1-3-5-11/h1-5,12-14,20H,6-10H2. The van der Waals surface area contributed by atoms with Crippen LogP contribution < -0.4 is 0 Å². The van der Waals surface area contributed by atoms with Crippen LogP contribution in [0.2, 0.25) is 0 Å². The second kappa shape index (κ2) is 5.79. The number of hydrogen-bond acceptors (Lipinski definition) is 2. The van der Waals surface area contributed by atoms with Crippen LogP contribution in [0.4, 0.5) is 0 Å². The molecule has 1 aliphatic carbocycles. The molecule has 1 saturated heterocycles. The van der Waals surface area contributed by atoms with E-state index in [0.29, 0.717) is 19.5 Å². The van der Waals surface area contributed by atoms with Crippen molar-refractivity contribution >= 4 is 29.1 Å². The molecule has 0 bridgehead atoms. The van der Waals surface area contributed by atoms with Crippen LogP contribution in [0.25, 0.3) is 0 Å². The van der Waals surface area contributed by atoms with Crippen molar-refractivity contribution in [1.29, 1.82) is 0 Å².